The fraction of sp³-hybridized carbons (Fsp3) is 0.765. The van der Waals surface area contributed by atoms with Crippen LogP contribution in [0, 0.1) is 17.8 Å². The Balaban J connectivity index is 3.09. The second kappa shape index (κ2) is 10.6. The van der Waals surface area contributed by atoms with Crippen LogP contribution in [0.2, 0.25) is 0 Å². The fourth-order valence-corrected chi connectivity index (χ4v) is 15.0. The van der Waals surface area contributed by atoms with Crippen LogP contribution < -0.4 is 0 Å². The molecular weight excluding hydrogens is 435 g/mol. The van der Waals surface area contributed by atoms with Crippen molar-refractivity contribution in [2.75, 3.05) is 19.8 Å². The van der Waals surface area contributed by atoms with Crippen molar-refractivity contribution in [1.29, 1.82) is 0 Å². The van der Waals surface area contributed by atoms with E-state index in [0.717, 1.165) is 14.1 Å². The maximum absolute atomic E-state index is 13.6. The summed E-state index contributed by atoms with van der Waals surface area (Å²) >= 11 is -6.11. The fourth-order valence-electron chi connectivity index (χ4n) is 2.21. The molecule has 134 valence electrons. The number of halogens is 1. The van der Waals surface area contributed by atoms with E-state index >= 15 is 0 Å². The van der Waals surface area contributed by atoms with Gasteiger partial charge in [0.15, 0.2) is 0 Å². The summed E-state index contributed by atoms with van der Waals surface area (Å²) in [5, 5.41) is 0. The maximum atomic E-state index is 13.6. The van der Waals surface area contributed by atoms with E-state index in [2.05, 4.69) is 41.5 Å². The van der Waals surface area contributed by atoms with E-state index < -0.39 is 37.5 Å². The molecule has 0 heterocycles. The van der Waals surface area contributed by atoms with E-state index in [-0.39, 0.29) is 0 Å². The summed E-state index contributed by atoms with van der Waals surface area (Å²) in [6.07, 6.45) is 4.73. The van der Waals surface area contributed by atoms with Gasteiger partial charge in [0.05, 0.1) is 0 Å². The molecule has 1 aliphatic carbocycles. The van der Waals surface area contributed by atoms with Gasteiger partial charge in [-0.3, -0.25) is 0 Å². The Morgan fingerprint density at radius 2 is 1.39 bits per heavy atom. The predicted molar refractivity (Wildman–Crippen MR) is 92.8 cm³/mol. The molecule has 0 unspecified atom stereocenters. The summed E-state index contributed by atoms with van der Waals surface area (Å²) < 4.78 is 34.6. The van der Waals surface area contributed by atoms with E-state index in [9.17, 15) is 3.50 Å². The summed E-state index contributed by atoms with van der Waals surface area (Å²) in [6.45, 7) is 14.6. The average molecular weight is 468 g/mol. The van der Waals surface area contributed by atoms with Crippen molar-refractivity contribution < 1.29 is 33.5 Å². The normalized spacial score (nSPS) is 16.3. The zero-order chi connectivity index (χ0) is 17.5. The molecule has 0 amide bonds. The van der Waals surface area contributed by atoms with Crippen molar-refractivity contribution in [1.82, 2.24) is 0 Å². The van der Waals surface area contributed by atoms with Gasteiger partial charge in [-0.25, -0.2) is 0 Å². The van der Waals surface area contributed by atoms with Crippen LogP contribution in [-0.2, 0) is 30.0 Å². The molecule has 0 saturated carbocycles. The minimum absolute atomic E-state index is 0.404. The zero-order valence-corrected chi connectivity index (χ0v) is 21.0. The van der Waals surface area contributed by atoms with Gasteiger partial charge in [-0.15, -0.1) is 0 Å². The molecular formula is C17H33FGeO3Zr. The Hall–Kier alpha value is 0.716. The van der Waals surface area contributed by atoms with E-state index in [4.69, 9.17) is 8.44 Å². The molecule has 6 heteroatoms. The minimum atomic E-state index is -3.92. The Bertz CT molecular complexity index is 391. The van der Waals surface area contributed by atoms with Crippen LogP contribution in [0.3, 0.4) is 0 Å². The van der Waals surface area contributed by atoms with Gasteiger partial charge in [0.1, 0.15) is 0 Å². The third kappa shape index (κ3) is 7.23. The van der Waals surface area contributed by atoms with Crippen LogP contribution in [0.1, 0.15) is 48.0 Å². The summed E-state index contributed by atoms with van der Waals surface area (Å²) in [4.78, 5) is 0. The van der Waals surface area contributed by atoms with E-state index in [1.54, 1.807) is 0 Å². The predicted octanol–water partition coefficient (Wildman–Crippen LogP) is 4.13. The van der Waals surface area contributed by atoms with Crippen LogP contribution >= 0.6 is 0 Å². The molecule has 0 radical (unpaired) electrons. The Morgan fingerprint density at radius 3 is 1.74 bits per heavy atom. The molecule has 1 rings (SSSR count). The molecule has 0 atom stereocenters. The molecule has 0 bridgehead atoms. The molecule has 0 saturated heterocycles. The van der Waals surface area contributed by atoms with Crippen LogP contribution in [0.5, 0.6) is 0 Å². The first-order valence-electron chi connectivity index (χ1n) is 8.67. The molecule has 0 aliphatic heterocycles. The SMILES string of the molecule is CC(C)C[O][Zr]([O]CC(C)C)([O]CC(C)C)[C]1=[C]([GeH2][F])C=CC1. The Morgan fingerprint density at radius 1 is 0.957 bits per heavy atom. The second-order valence-electron chi connectivity index (χ2n) is 7.41. The van der Waals surface area contributed by atoms with E-state index in [0.29, 0.717) is 37.6 Å². The summed E-state index contributed by atoms with van der Waals surface area (Å²) in [5.74, 6) is 1.21. The van der Waals surface area contributed by atoms with Crippen LogP contribution in [0.25, 0.3) is 0 Å². The molecule has 3 nitrogen and oxygen atoms in total. The monoisotopic (exact) mass is 468 g/mol. The number of rotatable bonds is 11. The first-order valence-corrected chi connectivity index (χ1v) is 15.5. The first kappa shape index (κ1) is 21.8. The van der Waals surface area contributed by atoms with Gasteiger partial charge in [-0.2, -0.15) is 0 Å². The molecule has 23 heavy (non-hydrogen) atoms. The van der Waals surface area contributed by atoms with Gasteiger partial charge < -0.3 is 0 Å². The Kier molecular flexibility index (Phi) is 10.1. The molecule has 0 aromatic carbocycles. The van der Waals surface area contributed by atoms with Gasteiger partial charge in [-0.05, 0) is 0 Å². The number of hydrogen-bond acceptors (Lipinski definition) is 3. The van der Waals surface area contributed by atoms with Crippen LogP contribution in [0.4, 0.5) is 3.50 Å². The van der Waals surface area contributed by atoms with Crippen molar-refractivity contribution in [3.63, 3.8) is 0 Å². The summed E-state index contributed by atoms with van der Waals surface area (Å²) in [7, 11) is 0. The quantitative estimate of drug-likeness (QED) is 0.427. The molecule has 1 aliphatic rings. The molecule has 0 aromatic rings. The van der Waals surface area contributed by atoms with Crippen molar-refractivity contribution in [2.24, 2.45) is 17.8 Å². The van der Waals surface area contributed by atoms with Crippen molar-refractivity contribution >= 4 is 15.9 Å². The molecule has 0 fully saturated rings. The average Bonchev–Trinajstić information content (AvgIpc) is 2.95. The second-order valence-corrected chi connectivity index (χ2v) is 15.9. The number of hydrogen-bond donors (Lipinski definition) is 0. The van der Waals surface area contributed by atoms with Crippen molar-refractivity contribution in [3.05, 3.63) is 19.8 Å². The Labute approximate surface area is 154 Å². The van der Waals surface area contributed by atoms with Crippen LogP contribution in [-0.4, -0.2) is 35.7 Å². The van der Waals surface area contributed by atoms with Gasteiger partial charge in [0.25, 0.3) is 0 Å². The molecule has 0 N–H and O–H groups in total. The van der Waals surface area contributed by atoms with Crippen molar-refractivity contribution in [2.45, 2.75) is 48.0 Å². The molecule has 0 aromatic heterocycles. The standard InChI is InChI=1S/C5H6FGe.3C4H9O.Zr/c6-7-5-3-1-2-4-5;3*1-4(2)3-5;/h1,3H,2,7H2;3*4H,3H2,1-2H3;/q;3*-1;+3. The van der Waals surface area contributed by atoms with E-state index in [1.807, 2.05) is 12.2 Å². The summed E-state index contributed by atoms with van der Waals surface area (Å²) in [5.41, 5.74) is 0. The van der Waals surface area contributed by atoms with Gasteiger partial charge in [0, 0.05) is 0 Å². The van der Waals surface area contributed by atoms with Gasteiger partial charge in [-0.1, -0.05) is 0 Å². The number of allylic oxidation sites excluding steroid dienone is 4. The zero-order valence-electron chi connectivity index (χ0n) is 15.5. The third-order valence-electron chi connectivity index (χ3n) is 3.36. The summed E-state index contributed by atoms with van der Waals surface area (Å²) in [6, 6.07) is 0. The van der Waals surface area contributed by atoms with Gasteiger partial charge >= 0.3 is 155 Å². The third-order valence-corrected chi connectivity index (χ3v) is 14.3. The molecule has 0 spiro atoms. The topological polar surface area (TPSA) is 27.7 Å². The first-order chi connectivity index (χ1) is 10.8. The van der Waals surface area contributed by atoms with Gasteiger partial charge in [0.2, 0.25) is 0 Å². The van der Waals surface area contributed by atoms with E-state index in [1.165, 1.54) is 0 Å². The van der Waals surface area contributed by atoms with Crippen LogP contribution in [0.15, 0.2) is 19.8 Å². The van der Waals surface area contributed by atoms with Crippen molar-refractivity contribution in [3.8, 4) is 0 Å².